The van der Waals surface area contributed by atoms with Crippen LogP contribution in [0.1, 0.15) is 24.6 Å². The molecule has 0 aliphatic rings. The van der Waals surface area contributed by atoms with Gasteiger partial charge in [0.05, 0.1) is 19.3 Å². The maximum atomic E-state index is 10.3. The summed E-state index contributed by atoms with van der Waals surface area (Å²) in [5.41, 5.74) is 3.64. The highest BCUT2D eigenvalue weighted by Crippen LogP contribution is 2.25. The lowest BCUT2D eigenvalue weighted by Gasteiger charge is -2.19. The Hall–Kier alpha value is -2.42. The second-order valence-electron chi connectivity index (χ2n) is 6.30. The molecule has 1 aromatic heterocycles. The van der Waals surface area contributed by atoms with Crippen LogP contribution in [-0.2, 0) is 16.1 Å². The summed E-state index contributed by atoms with van der Waals surface area (Å²) in [5.74, 6) is -3.65. The minimum absolute atomic E-state index is 0.0592. The van der Waals surface area contributed by atoms with E-state index in [9.17, 15) is 5.11 Å². The lowest BCUT2D eigenvalue weighted by molar-refractivity contribution is -0.159. The third-order valence-corrected chi connectivity index (χ3v) is 4.48. The van der Waals surface area contributed by atoms with Crippen molar-refractivity contribution in [1.29, 1.82) is 0 Å². The summed E-state index contributed by atoms with van der Waals surface area (Å²) in [4.78, 5) is 18.2. The van der Waals surface area contributed by atoms with Crippen molar-refractivity contribution in [3.63, 3.8) is 0 Å². The summed E-state index contributed by atoms with van der Waals surface area (Å²) >= 11 is 0. The van der Waals surface area contributed by atoms with Crippen molar-refractivity contribution in [2.24, 2.45) is 0 Å². The van der Waals surface area contributed by atoms with Crippen molar-refractivity contribution in [2.75, 3.05) is 13.2 Å². The Balaban J connectivity index is 0.000000527. The number of aliphatic hydroxyl groups is 2. The second kappa shape index (κ2) is 10.7. The number of carbonyl (C=O) groups is 2. The van der Waals surface area contributed by atoms with E-state index in [0.29, 0.717) is 13.1 Å². The number of aliphatic hydroxyl groups excluding tert-OH is 2. The number of aliphatic carboxylic acids is 2. The van der Waals surface area contributed by atoms with E-state index in [2.05, 4.69) is 35.9 Å². The van der Waals surface area contributed by atoms with Crippen LogP contribution in [0.25, 0.3) is 10.9 Å². The molecule has 2 rings (SSSR count). The number of rotatable bonds is 7. The Bertz CT molecular complexity index is 755. The number of aryl methyl sites for hydroxylation is 1. The largest absolute Gasteiger partial charge is 0.473 e. The van der Waals surface area contributed by atoms with Gasteiger partial charge in [-0.3, -0.25) is 0 Å². The summed E-state index contributed by atoms with van der Waals surface area (Å²) in [6.07, 6.45) is 0.382. The van der Waals surface area contributed by atoms with Gasteiger partial charge in [0.2, 0.25) is 0 Å². The smallest absolute Gasteiger partial charge is 0.414 e. The predicted octanol–water partition coefficient (Wildman–Crippen LogP) is 1.14. The van der Waals surface area contributed by atoms with Crippen LogP contribution in [-0.4, -0.2) is 62.2 Å². The third kappa shape index (κ3) is 6.35. The molecule has 2 aromatic rings. The molecule has 0 amide bonds. The number of hydrogen-bond donors (Lipinski definition) is 5. The highest BCUT2D eigenvalue weighted by Gasteiger charge is 2.14. The van der Waals surface area contributed by atoms with Crippen LogP contribution in [0, 0.1) is 13.8 Å². The van der Waals surface area contributed by atoms with Gasteiger partial charge in [-0.25, -0.2) is 9.59 Å². The van der Waals surface area contributed by atoms with Crippen LogP contribution >= 0.6 is 0 Å². The minimum atomic E-state index is -1.82. The van der Waals surface area contributed by atoms with E-state index >= 15 is 0 Å². The zero-order valence-electron chi connectivity index (χ0n) is 15.8. The maximum Gasteiger partial charge on any atom is 0.414 e. The molecular formula is C19H28N2O6. The normalized spacial score (nSPS) is 12.9. The molecule has 5 N–H and O–H groups in total. The van der Waals surface area contributed by atoms with Gasteiger partial charge in [-0.1, -0.05) is 25.1 Å². The Kier molecular flexibility index (Phi) is 8.93. The molecule has 0 fully saturated rings. The predicted molar refractivity (Wildman–Crippen MR) is 102 cm³/mol. The molecule has 0 radical (unpaired) electrons. The van der Waals surface area contributed by atoms with Crippen molar-refractivity contribution in [3.8, 4) is 0 Å². The number of para-hydroxylation sites is 1. The lowest BCUT2D eigenvalue weighted by atomic mass is 10.2. The van der Waals surface area contributed by atoms with Crippen LogP contribution in [0.4, 0.5) is 0 Å². The molecule has 0 spiro atoms. The fourth-order valence-corrected chi connectivity index (χ4v) is 2.76. The van der Waals surface area contributed by atoms with Gasteiger partial charge in [-0.15, -0.1) is 0 Å². The number of carboxylic acid groups (broad SMARTS) is 2. The van der Waals surface area contributed by atoms with E-state index in [0.717, 1.165) is 6.42 Å². The highest BCUT2D eigenvalue weighted by molar-refractivity contribution is 6.27. The van der Waals surface area contributed by atoms with E-state index in [-0.39, 0.29) is 12.6 Å². The monoisotopic (exact) mass is 380 g/mol. The van der Waals surface area contributed by atoms with Crippen LogP contribution in [0.5, 0.6) is 0 Å². The van der Waals surface area contributed by atoms with Crippen molar-refractivity contribution in [2.45, 2.75) is 45.9 Å². The van der Waals surface area contributed by atoms with Gasteiger partial charge in [-0.05, 0) is 31.9 Å². The summed E-state index contributed by atoms with van der Waals surface area (Å²) < 4.78 is 2.18. The zero-order valence-corrected chi connectivity index (χ0v) is 15.8. The van der Waals surface area contributed by atoms with Crippen molar-refractivity contribution < 1.29 is 30.0 Å². The van der Waals surface area contributed by atoms with Gasteiger partial charge < -0.3 is 30.3 Å². The molecule has 0 bridgehead atoms. The Labute approximate surface area is 158 Å². The molecule has 0 aliphatic heterocycles. The molecule has 0 saturated heterocycles. The van der Waals surface area contributed by atoms with Gasteiger partial charge in [-0.2, -0.15) is 0 Å². The molecule has 0 saturated carbocycles. The molecular weight excluding hydrogens is 352 g/mol. The lowest BCUT2D eigenvalue weighted by Crippen LogP contribution is -2.39. The first-order valence-corrected chi connectivity index (χ1v) is 8.75. The zero-order chi connectivity index (χ0) is 20.6. The number of fused-ring (bicyclic) bond motifs is 1. The number of benzene rings is 1. The van der Waals surface area contributed by atoms with E-state index in [4.69, 9.17) is 24.9 Å². The summed E-state index contributed by atoms with van der Waals surface area (Å²) in [5, 5.41) is 38.7. The van der Waals surface area contributed by atoms with Crippen LogP contribution in [0.3, 0.4) is 0 Å². The Morgan fingerprint density at radius 1 is 1.15 bits per heavy atom. The standard InChI is InChI=1S/C17H26N2O2.C2H2O4/c1-4-14(11-20)18-9-15(21)10-19-13(3)12(2)16-7-5-6-8-17(16)19;3-1(4)2(5)6/h5-8,14-15,18,20-21H,4,9-11H2,1-3H3;(H,3,4)(H,5,6)/t14-,15-;/m1./s1. The average Bonchev–Trinajstić information content (AvgIpc) is 2.88. The highest BCUT2D eigenvalue weighted by atomic mass is 16.4. The average molecular weight is 380 g/mol. The number of nitrogens with one attached hydrogen (secondary N) is 1. The number of aromatic nitrogens is 1. The summed E-state index contributed by atoms with van der Waals surface area (Å²) in [6, 6.07) is 8.35. The van der Waals surface area contributed by atoms with Crippen LogP contribution in [0.15, 0.2) is 24.3 Å². The van der Waals surface area contributed by atoms with E-state index < -0.39 is 18.0 Å². The molecule has 8 heteroatoms. The van der Waals surface area contributed by atoms with Gasteiger partial charge in [0.25, 0.3) is 0 Å². The molecule has 150 valence electrons. The second-order valence-corrected chi connectivity index (χ2v) is 6.30. The SMILES string of the molecule is CC[C@H](CO)NC[C@@H](O)Cn1c(C)c(C)c2ccccc21.O=C(O)C(=O)O. The molecule has 1 aromatic carbocycles. The molecule has 0 aliphatic carbocycles. The van der Waals surface area contributed by atoms with Gasteiger partial charge in [0.15, 0.2) is 0 Å². The molecule has 2 atom stereocenters. The molecule has 1 heterocycles. The Morgan fingerprint density at radius 3 is 2.26 bits per heavy atom. The summed E-state index contributed by atoms with van der Waals surface area (Å²) in [7, 11) is 0. The van der Waals surface area contributed by atoms with Crippen molar-refractivity contribution in [1.82, 2.24) is 9.88 Å². The first kappa shape index (κ1) is 22.6. The van der Waals surface area contributed by atoms with E-state index in [1.807, 2.05) is 19.1 Å². The number of nitrogens with zero attached hydrogens (tertiary/aromatic N) is 1. The van der Waals surface area contributed by atoms with Crippen molar-refractivity contribution in [3.05, 3.63) is 35.5 Å². The Morgan fingerprint density at radius 2 is 1.74 bits per heavy atom. The van der Waals surface area contributed by atoms with Crippen LogP contribution in [0.2, 0.25) is 0 Å². The topological polar surface area (TPSA) is 132 Å². The van der Waals surface area contributed by atoms with Gasteiger partial charge in [0.1, 0.15) is 0 Å². The van der Waals surface area contributed by atoms with Crippen LogP contribution < -0.4 is 5.32 Å². The minimum Gasteiger partial charge on any atom is -0.473 e. The van der Waals surface area contributed by atoms with Crippen molar-refractivity contribution >= 4 is 22.8 Å². The first-order chi connectivity index (χ1) is 12.7. The molecule has 0 unspecified atom stereocenters. The number of carboxylic acids is 2. The van der Waals surface area contributed by atoms with E-state index in [1.165, 1.54) is 22.2 Å². The maximum absolute atomic E-state index is 10.3. The fraction of sp³-hybridized carbons (Fsp3) is 0.474. The first-order valence-electron chi connectivity index (χ1n) is 8.75. The quantitative estimate of drug-likeness (QED) is 0.455. The van der Waals surface area contributed by atoms with Gasteiger partial charge >= 0.3 is 11.9 Å². The molecule has 8 nitrogen and oxygen atoms in total. The third-order valence-electron chi connectivity index (χ3n) is 4.48. The number of hydrogen-bond acceptors (Lipinski definition) is 5. The van der Waals surface area contributed by atoms with Gasteiger partial charge in [0, 0.05) is 29.2 Å². The fourth-order valence-electron chi connectivity index (χ4n) is 2.76. The van der Waals surface area contributed by atoms with E-state index in [1.54, 1.807) is 0 Å². The molecule has 27 heavy (non-hydrogen) atoms. The summed E-state index contributed by atoms with van der Waals surface area (Å²) in [6.45, 7) is 7.40.